The Morgan fingerprint density at radius 2 is 1.87 bits per heavy atom. The minimum absolute atomic E-state index is 0.194. The Labute approximate surface area is 141 Å². The lowest BCUT2D eigenvalue weighted by molar-refractivity contribution is 0.0179. The van der Waals surface area contributed by atoms with Crippen LogP contribution in [0.25, 0.3) is 0 Å². The summed E-state index contributed by atoms with van der Waals surface area (Å²) >= 11 is 0. The van der Waals surface area contributed by atoms with Gasteiger partial charge in [0.15, 0.2) is 0 Å². The topological polar surface area (TPSA) is 53.6 Å². The van der Waals surface area contributed by atoms with Crippen molar-refractivity contribution < 1.29 is 9.53 Å². The molecule has 0 spiro atoms. The lowest BCUT2D eigenvalue weighted by Crippen LogP contribution is -2.48. The van der Waals surface area contributed by atoms with Gasteiger partial charge in [0, 0.05) is 31.7 Å². The molecule has 5 nitrogen and oxygen atoms in total. The van der Waals surface area contributed by atoms with Gasteiger partial charge in [0.1, 0.15) is 5.60 Å². The maximum Gasteiger partial charge on any atom is 0.410 e. The molecule has 0 radical (unpaired) electrons. The van der Waals surface area contributed by atoms with Crippen LogP contribution in [0, 0.1) is 0 Å². The Morgan fingerprint density at radius 3 is 2.43 bits per heavy atom. The van der Waals surface area contributed by atoms with E-state index in [9.17, 15) is 4.79 Å². The Balaban J connectivity index is 1.67. The smallest absolute Gasteiger partial charge is 0.410 e. The second kappa shape index (κ2) is 8.34. The van der Waals surface area contributed by atoms with Gasteiger partial charge in [-0.05, 0) is 65.8 Å². The number of carbonyl (C=O) groups excluding carboxylic acids is 1. The molecule has 5 heteroatoms. The number of ether oxygens (including phenoxy) is 1. The second-order valence-electron chi connectivity index (χ2n) is 8.15. The van der Waals surface area contributed by atoms with Gasteiger partial charge in [-0.2, -0.15) is 0 Å². The molecule has 1 aliphatic carbocycles. The Bertz CT molecular complexity index is 367. The molecule has 1 saturated heterocycles. The van der Waals surface area contributed by atoms with Crippen molar-refractivity contribution in [2.24, 2.45) is 0 Å². The monoisotopic (exact) mass is 325 g/mol. The molecule has 1 aliphatic heterocycles. The normalized spacial score (nSPS) is 29.1. The van der Waals surface area contributed by atoms with E-state index >= 15 is 0 Å². The van der Waals surface area contributed by atoms with Crippen LogP contribution in [0.5, 0.6) is 0 Å². The molecule has 2 aliphatic rings. The first kappa shape index (κ1) is 18.5. The molecule has 0 bridgehead atoms. The minimum atomic E-state index is -0.420. The summed E-state index contributed by atoms with van der Waals surface area (Å²) in [5, 5.41) is 7.31. The van der Waals surface area contributed by atoms with Crippen LogP contribution in [0.3, 0.4) is 0 Å². The van der Waals surface area contributed by atoms with Crippen molar-refractivity contribution in [3.63, 3.8) is 0 Å². The first-order chi connectivity index (χ1) is 10.8. The molecule has 0 aromatic heterocycles. The van der Waals surface area contributed by atoms with Gasteiger partial charge in [-0.25, -0.2) is 4.79 Å². The van der Waals surface area contributed by atoms with Crippen LogP contribution in [0.1, 0.15) is 65.7 Å². The zero-order chi connectivity index (χ0) is 16.9. The molecule has 1 atom stereocenters. The summed E-state index contributed by atoms with van der Waals surface area (Å²) in [6.45, 7) is 7.99. The van der Waals surface area contributed by atoms with Crippen molar-refractivity contribution in [2.45, 2.75) is 89.4 Å². The van der Waals surface area contributed by atoms with Gasteiger partial charge in [0.25, 0.3) is 0 Å². The summed E-state index contributed by atoms with van der Waals surface area (Å²) < 4.78 is 5.47. The van der Waals surface area contributed by atoms with Crippen LogP contribution in [-0.4, -0.2) is 54.9 Å². The maximum atomic E-state index is 12.2. The third-order valence-electron chi connectivity index (χ3n) is 4.99. The number of piperidine rings is 1. The fraction of sp³-hybridized carbons (Fsp3) is 0.944. The van der Waals surface area contributed by atoms with Gasteiger partial charge < -0.3 is 20.3 Å². The van der Waals surface area contributed by atoms with Crippen LogP contribution in [0.4, 0.5) is 4.79 Å². The van der Waals surface area contributed by atoms with Crippen molar-refractivity contribution >= 4 is 6.09 Å². The number of hydrogen-bond acceptors (Lipinski definition) is 4. The van der Waals surface area contributed by atoms with E-state index in [4.69, 9.17) is 4.74 Å². The average Bonchev–Trinajstić information content (AvgIpc) is 2.52. The van der Waals surface area contributed by atoms with Crippen molar-refractivity contribution in [3.8, 4) is 0 Å². The van der Waals surface area contributed by atoms with E-state index in [1.165, 1.54) is 25.8 Å². The van der Waals surface area contributed by atoms with Crippen LogP contribution < -0.4 is 10.6 Å². The van der Waals surface area contributed by atoms with Gasteiger partial charge >= 0.3 is 6.09 Å². The molecular weight excluding hydrogens is 290 g/mol. The van der Waals surface area contributed by atoms with Gasteiger partial charge in [0.2, 0.25) is 0 Å². The molecule has 1 heterocycles. The summed E-state index contributed by atoms with van der Waals surface area (Å²) in [6.07, 6.45) is 8.18. The van der Waals surface area contributed by atoms with Gasteiger partial charge in [0.05, 0.1) is 0 Å². The van der Waals surface area contributed by atoms with Gasteiger partial charge in [-0.15, -0.1) is 0 Å². The lowest BCUT2D eigenvalue weighted by Gasteiger charge is -2.36. The number of nitrogens with one attached hydrogen (secondary N) is 2. The number of hydrogen-bond donors (Lipinski definition) is 2. The highest BCUT2D eigenvalue weighted by molar-refractivity contribution is 5.68. The number of carbonyl (C=O) groups is 1. The Hall–Kier alpha value is -0.810. The fourth-order valence-corrected chi connectivity index (χ4v) is 3.56. The standard InChI is InChI=1S/C18H35N3O2/c1-18(2,3)23-17(22)21(4)16-10-8-14(9-11-16)20-13-15-7-5-6-12-19-15/h14-16,19-20H,5-13H2,1-4H3. The molecule has 2 fully saturated rings. The van der Waals surface area contributed by atoms with Gasteiger partial charge in [-0.3, -0.25) is 0 Å². The molecule has 1 saturated carbocycles. The summed E-state index contributed by atoms with van der Waals surface area (Å²) in [5.41, 5.74) is -0.420. The molecule has 2 rings (SSSR count). The van der Waals surface area contributed by atoms with E-state index in [1.807, 2.05) is 27.8 Å². The van der Waals surface area contributed by atoms with Crippen LogP contribution >= 0.6 is 0 Å². The molecule has 2 N–H and O–H groups in total. The summed E-state index contributed by atoms with van der Waals surface area (Å²) in [6, 6.07) is 1.56. The summed E-state index contributed by atoms with van der Waals surface area (Å²) in [7, 11) is 1.87. The largest absolute Gasteiger partial charge is 0.444 e. The fourth-order valence-electron chi connectivity index (χ4n) is 3.56. The molecule has 23 heavy (non-hydrogen) atoms. The number of amides is 1. The Kier molecular flexibility index (Phi) is 6.72. The quantitative estimate of drug-likeness (QED) is 0.834. The predicted molar refractivity (Wildman–Crippen MR) is 93.7 cm³/mol. The van der Waals surface area contributed by atoms with E-state index < -0.39 is 5.60 Å². The molecule has 0 aromatic rings. The van der Waals surface area contributed by atoms with Crippen LogP contribution in [0.15, 0.2) is 0 Å². The van der Waals surface area contributed by atoms with Crippen molar-refractivity contribution in [1.82, 2.24) is 15.5 Å². The molecule has 1 amide bonds. The number of rotatable bonds is 4. The zero-order valence-corrected chi connectivity index (χ0v) is 15.4. The second-order valence-corrected chi connectivity index (χ2v) is 8.15. The third-order valence-corrected chi connectivity index (χ3v) is 4.99. The first-order valence-electron chi connectivity index (χ1n) is 9.28. The molecule has 134 valence electrons. The lowest BCUT2D eigenvalue weighted by atomic mass is 9.90. The summed E-state index contributed by atoms with van der Waals surface area (Å²) in [5.74, 6) is 0. The van der Waals surface area contributed by atoms with Crippen LogP contribution in [-0.2, 0) is 4.74 Å². The highest BCUT2D eigenvalue weighted by atomic mass is 16.6. The van der Waals surface area contributed by atoms with Crippen LogP contribution in [0.2, 0.25) is 0 Å². The first-order valence-corrected chi connectivity index (χ1v) is 9.28. The zero-order valence-electron chi connectivity index (χ0n) is 15.4. The van der Waals surface area contributed by atoms with E-state index in [-0.39, 0.29) is 6.09 Å². The van der Waals surface area contributed by atoms with Crippen molar-refractivity contribution in [2.75, 3.05) is 20.1 Å². The predicted octanol–water partition coefficient (Wildman–Crippen LogP) is 2.90. The Morgan fingerprint density at radius 1 is 1.17 bits per heavy atom. The summed E-state index contributed by atoms with van der Waals surface area (Å²) in [4.78, 5) is 13.9. The van der Waals surface area contributed by atoms with E-state index in [2.05, 4.69) is 10.6 Å². The van der Waals surface area contributed by atoms with Crippen molar-refractivity contribution in [3.05, 3.63) is 0 Å². The minimum Gasteiger partial charge on any atom is -0.444 e. The van der Waals surface area contributed by atoms with E-state index in [0.29, 0.717) is 18.1 Å². The molecular formula is C18H35N3O2. The van der Waals surface area contributed by atoms with E-state index in [1.54, 1.807) is 4.90 Å². The average molecular weight is 325 g/mol. The molecule has 1 unspecified atom stereocenters. The highest BCUT2D eigenvalue weighted by Gasteiger charge is 2.29. The third kappa shape index (κ3) is 6.30. The van der Waals surface area contributed by atoms with Gasteiger partial charge in [-0.1, -0.05) is 6.42 Å². The SMILES string of the molecule is CN(C(=O)OC(C)(C)C)C1CCC(NCC2CCCCN2)CC1. The maximum absolute atomic E-state index is 12.2. The van der Waals surface area contributed by atoms with E-state index in [0.717, 1.165) is 32.2 Å². The number of nitrogens with zero attached hydrogens (tertiary/aromatic N) is 1. The molecule has 0 aromatic carbocycles. The highest BCUT2D eigenvalue weighted by Crippen LogP contribution is 2.24. The van der Waals surface area contributed by atoms with Crippen molar-refractivity contribution in [1.29, 1.82) is 0 Å².